The zero-order chi connectivity index (χ0) is 20.9. The first-order valence-electron chi connectivity index (χ1n) is 9.83. The minimum atomic E-state index is -0.170. The number of thiophene rings is 1. The maximum Gasteiger partial charge on any atom is 0.235 e. The second-order valence-corrected chi connectivity index (χ2v) is 8.97. The predicted molar refractivity (Wildman–Crippen MR) is 121 cm³/mol. The number of aryl methyl sites for hydroxylation is 1. The number of aromatic nitrogens is 3. The van der Waals surface area contributed by atoms with Crippen LogP contribution in [0.5, 0.6) is 0 Å². The van der Waals surface area contributed by atoms with Crippen molar-refractivity contribution in [2.24, 2.45) is 0 Å². The van der Waals surface area contributed by atoms with Gasteiger partial charge in [0.05, 0.1) is 17.0 Å². The molecule has 30 heavy (non-hydrogen) atoms. The fourth-order valence-corrected chi connectivity index (χ4v) is 4.86. The molecule has 1 aliphatic rings. The number of thioether (sulfide) groups is 1. The molecule has 7 nitrogen and oxygen atoms in total. The normalized spacial score (nSPS) is 13.8. The fraction of sp³-hybridized carbons (Fsp3) is 0.333. The molecule has 1 fully saturated rings. The smallest absolute Gasteiger partial charge is 0.235 e. The van der Waals surface area contributed by atoms with Crippen molar-refractivity contribution < 1.29 is 4.79 Å². The second-order valence-electron chi connectivity index (χ2n) is 7.11. The van der Waals surface area contributed by atoms with Crippen LogP contribution in [0, 0.1) is 18.3 Å². The molecule has 0 atom stereocenters. The van der Waals surface area contributed by atoms with Crippen LogP contribution >= 0.6 is 23.1 Å². The third-order valence-corrected chi connectivity index (χ3v) is 6.68. The van der Waals surface area contributed by atoms with E-state index in [1.54, 1.807) is 11.4 Å². The first kappa shape index (κ1) is 20.4. The van der Waals surface area contributed by atoms with Crippen molar-refractivity contribution in [1.82, 2.24) is 14.8 Å². The molecule has 1 aliphatic heterocycles. The van der Waals surface area contributed by atoms with Crippen molar-refractivity contribution in [3.8, 4) is 11.8 Å². The Balaban J connectivity index is 1.55. The highest BCUT2D eigenvalue weighted by Crippen LogP contribution is 2.29. The predicted octanol–water partition coefficient (Wildman–Crippen LogP) is 4.23. The number of nitrogens with zero attached hydrogens (tertiary/aromatic N) is 5. The quantitative estimate of drug-likeness (QED) is 0.580. The van der Waals surface area contributed by atoms with Crippen LogP contribution in [0.25, 0.3) is 5.69 Å². The number of carbonyl (C=O) groups is 1. The number of hydrogen-bond acceptors (Lipinski definition) is 7. The summed E-state index contributed by atoms with van der Waals surface area (Å²) in [4.78, 5) is 14.7. The summed E-state index contributed by atoms with van der Waals surface area (Å²) in [6.45, 7) is 3.98. The highest BCUT2D eigenvalue weighted by molar-refractivity contribution is 7.99. The van der Waals surface area contributed by atoms with Crippen molar-refractivity contribution in [1.29, 1.82) is 5.26 Å². The molecule has 2 aromatic heterocycles. The fourth-order valence-electron chi connectivity index (χ4n) is 3.36. The topological polar surface area (TPSA) is 86.8 Å². The van der Waals surface area contributed by atoms with Gasteiger partial charge in [-0.15, -0.1) is 21.5 Å². The van der Waals surface area contributed by atoms with Gasteiger partial charge < -0.3 is 10.2 Å². The highest BCUT2D eigenvalue weighted by atomic mass is 32.2. The van der Waals surface area contributed by atoms with Gasteiger partial charge in [-0.3, -0.25) is 9.36 Å². The van der Waals surface area contributed by atoms with E-state index in [2.05, 4.69) is 57.7 Å². The van der Waals surface area contributed by atoms with E-state index in [9.17, 15) is 4.79 Å². The van der Waals surface area contributed by atoms with Gasteiger partial charge in [0.2, 0.25) is 11.9 Å². The maximum atomic E-state index is 12.5. The van der Waals surface area contributed by atoms with Gasteiger partial charge in [-0.1, -0.05) is 29.5 Å². The van der Waals surface area contributed by atoms with E-state index in [1.165, 1.54) is 35.1 Å². The van der Waals surface area contributed by atoms with Crippen LogP contribution in [0.4, 0.5) is 10.9 Å². The Hall–Kier alpha value is -2.83. The summed E-state index contributed by atoms with van der Waals surface area (Å²) < 4.78 is 2.04. The molecular formula is C21H22N6OS2. The highest BCUT2D eigenvalue weighted by Gasteiger charge is 2.22. The number of carbonyl (C=O) groups excluding carboxylic acids is 1. The lowest BCUT2D eigenvalue weighted by molar-refractivity contribution is -0.113. The monoisotopic (exact) mass is 438 g/mol. The Morgan fingerprint density at radius 3 is 2.70 bits per heavy atom. The lowest BCUT2D eigenvalue weighted by atomic mass is 10.1. The van der Waals surface area contributed by atoms with Gasteiger partial charge >= 0.3 is 0 Å². The molecule has 3 heterocycles. The van der Waals surface area contributed by atoms with Crippen LogP contribution < -0.4 is 10.2 Å². The van der Waals surface area contributed by atoms with E-state index in [0.29, 0.717) is 15.7 Å². The summed E-state index contributed by atoms with van der Waals surface area (Å²) in [5.74, 6) is 0.843. The lowest BCUT2D eigenvalue weighted by Crippen LogP contribution is -2.31. The lowest BCUT2D eigenvalue weighted by Gasteiger charge is -2.27. The molecule has 1 N–H and O–H groups in total. The SMILES string of the molecule is Cc1ccc(-n2c(SCC(=O)Nc3sccc3C#N)nnc2N2CCCCC2)cc1. The van der Waals surface area contributed by atoms with E-state index in [1.807, 2.05) is 4.57 Å². The van der Waals surface area contributed by atoms with E-state index in [0.717, 1.165) is 37.6 Å². The summed E-state index contributed by atoms with van der Waals surface area (Å²) in [5.41, 5.74) is 2.65. The molecule has 0 radical (unpaired) electrons. The number of anilines is 2. The van der Waals surface area contributed by atoms with E-state index in [4.69, 9.17) is 5.26 Å². The molecule has 0 unspecified atom stereocenters. The standard InChI is InChI=1S/C21H22N6OS2/c1-15-5-7-17(8-6-15)27-20(26-10-3-2-4-11-26)24-25-21(27)30-14-18(28)23-19-16(13-22)9-12-29-19/h5-9,12H,2-4,10-11,14H2,1H3,(H,23,28). The van der Waals surface area contributed by atoms with Gasteiger partial charge in [0.1, 0.15) is 11.1 Å². The number of benzene rings is 1. The molecule has 0 aliphatic carbocycles. The Morgan fingerprint density at radius 1 is 1.20 bits per heavy atom. The molecule has 0 bridgehead atoms. The third kappa shape index (κ3) is 4.50. The summed E-state index contributed by atoms with van der Waals surface area (Å²) in [7, 11) is 0. The number of nitrogens with one attached hydrogen (secondary N) is 1. The Labute approximate surface area is 183 Å². The molecule has 1 saturated heterocycles. The molecule has 0 spiro atoms. The first-order chi connectivity index (χ1) is 14.7. The van der Waals surface area contributed by atoms with Crippen molar-refractivity contribution >= 4 is 40.0 Å². The van der Waals surface area contributed by atoms with Crippen LogP contribution in [0.3, 0.4) is 0 Å². The maximum absolute atomic E-state index is 12.5. The molecule has 4 rings (SSSR count). The average molecular weight is 439 g/mol. The van der Waals surface area contributed by atoms with E-state index < -0.39 is 0 Å². The number of amides is 1. The zero-order valence-electron chi connectivity index (χ0n) is 16.7. The number of hydrogen-bond donors (Lipinski definition) is 1. The Kier molecular flexibility index (Phi) is 6.35. The molecule has 1 amide bonds. The van der Waals surface area contributed by atoms with Crippen molar-refractivity contribution in [2.45, 2.75) is 31.3 Å². The number of piperidine rings is 1. The van der Waals surface area contributed by atoms with E-state index in [-0.39, 0.29) is 11.7 Å². The number of rotatable bonds is 6. The summed E-state index contributed by atoms with van der Waals surface area (Å²) in [6.07, 6.45) is 3.53. The largest absolute Gasteiger partial charge is 0.341 e. The van der Waals surface area contributed by atoms with Gasteiger partial charge in [0, 0.05) is 13.1 Å². The molecule has 9 heteroatoms. The second kappa shape index (κ2) is 9.32. The molecular weight excluding hydrogens is 416 g/mol. The van der Waals surface area contributed by atoms with Gasteiger partial charge in [0.15, 0.2) is 5.16 Å². The van der Waals surface area contributed by atoms with Gasteiger partial charge in [-0.25, -0.2) is 0 Å². The van der Waals surface area contributed by atoms with Gasteiger partial charge in [0.25, 0.3) is 0 Å². The van der Waals surface area contributed by atoms with Crippen molar-refractivity contribution in [3.63, 3.8) is 0 Å². The minimum absolute atomic E-state index is 0.170. The van der Waals surface area contributed by atoms with Crippen molar-refractivity contribution in [3.05, 3.63) is 46.8 Å². The van der Waals surface area contributed by atoms with Crippen LogP contribution in [0.15, 0.2) is 40.9 Å². The van der Waals surface area contributed by atoms with Crippen LogP contribution in [0.1, 0.15) is 30.4 Å². The Bertz CT molecular complexity index is 1060. The molecule has 1 aromatic carbocycles. The van der Waals surface area contributed by atoms with E-state index >= 15 is 0 Å². The zero-order valence-corrected chi connectivity index (χ0v) is 18.3. The summed E-state index contributed by atoms with van der Waals surface area (Å²) in [6, 6.07) is 12.0. The van der Waals surface area contributed by atoms with Crippen molar-refractivity contribution in [2.75, 3.05) is 29.1 Å². The third-order valence-electron chi connectivity index (χ3n) is 4.92. The van der Waals surface area contributed by atoms with Gasteiger partial charge in [-0.05, 0) is 49.8 Å². The molecule has 154 valence electrons. The first-order valence-corrected chi connectivity index (χ1v) is 11.7. The van der Waals surface area contributed by atoms with Gasteiger partial charge in [-0.2, -0.15) is 5.26 Å². The molecule has 0 saturated carbocycles. The minimum Gasteiger partial charge on any atom is -0.341 e. The Morgan fingerprint density at radius 2 is 1.97 bits per heavy atom. The summed E-state index contributed by atoms with van der Waals surface area (Å²) >= 11 is 2.69. The van der Waals surface area contributed by atoms with Crippen LogP contribution in [-0.2, 0) is 4.79 Å². The molecule has 3 aromatic rings. The summed E-state index contributed by atoms with van der Waals surface area (Å²) in [5, 5.41) is 23.8. The number of nitriles is 1. The van der Waals surface area contributed by atoms with Crippen LogP contribution in [0.2, 0.25) is 0 Å². The van der Waals surface area contributed by atoms with Crippen LogP contribution in [-0.4, -0.2) is 39.5 Å². The average Bonchev–Trinajstić information content (AvgIpc) is 3.40.